The summed E-state index contributed by atoms with van der Waals surface area (Å²) in [6.45, 7) is 2.09. The van der Waals surface area contributed by atoms with Crippen molar-refractivity contribution in [3.8, 4) is 0 Å². The van der Waals surface area contributed by atoms with E-state index in [2.05, 4.69) is 12.2 Å². The number of carbonyl (C=O) groups excluding carboxylic acids is 1. The van der Waals surface area contributed by atoms with Gasteiger partial charge in [0.1, 0.15) is 0 Å². The number of fused-ring (bicyclic) bond motifs is 1. The summed E-state index contributed by atoms with van der Waals surface area (Å²) >= 11 is 6.09. The fraction of sp³-hybridized carbons (Fsp3) is 0.462. The second-order valence-electron chi connectivity index (χ2n) is 4.47. The van der Waals surface area contributed by atoms with Crippen LogP contribution in [0.25, 0.3) is 0 Å². The van der Waals surface area contributed by atoms with Crippen LogP contribution in [0.4, 0.5) is 5.69 Å². The molecule has 1 aliphatic rings. The molecule has 1 heterocycles. The Labute approximate surface area is 106 Å². The summed E-state index contributed by atoms with van der Waals surface area (Å²) in [7, 11) is 0. The molecule has 1 amide bonds. The van der Waals surface area contributed by atoms with Crippen LogP contribution in [0, 0.1) is 0 Å². The predicted molar refractivity (Wildman–Crippen MR) is 70.2 cm³/mol. The first kappa shape index (κ1) is 12.4. The van der Waals surface area contributed by atoms with Crippen molar-refractivity contribution in [1.82, 2.24) is 0 Å². The topological polar surface area (TPSA) is 55.1 Å². The van der Waals surface area contributed by atoms with E-state index < -0.39 is 0 Å². The number of amides is 1. The summed E-state index contributed by atoms with van der Waals surface area (Å²) in [6, 6.07) is 3.72. The van der Waals surface area contributed by atoms with Crippen molar-refractivity contribution in [2.45, 2.75) is 38.6 Å². The molecule has 0 saturated heterocycles. The van der Waals surface area contributed by atoms with Crippen molar-refractivity contribution in [3.05, 3.63) is 28.3 Å². The Balaban J connectivity index is 2.43. The van der Waals surface area contributed by atoms with Crippen molar-refractivity contribution in [2.24, 2.45) is 5.73 Å². The number of benzene rings is 1. The van der Waals surface area contributed by atoms with Gasteiger partial charge in [-0.3, -0.25) is 4.79 Å². The SMILES string of the molecule is CCCC(N)c1cc(Cl)cc2c1NC(=O)CC2. The summed E-state index contributed by atoms with van der Waals surface area (Å²) in [6.07, 6.45) is 3.17. The summed E-state index contributed by atoms with van der Waals surface area (Å²) < 4.78 is 0. The largest absolute Gasteiger partial charge is 0.326 e. The first-order valence-corrected chi connectivity index (χ1v) is 6.37. The number of rotatable bonds is 3. The summed E-state index contributed by atoms with van der Waals surface area (Å²) in [4.78, 5) is 11.5. The van der Waals surface area contributed by atoms with Crippen LogP contribution in [0.1, 0.15) is 43.4 Å². The Morgan fingerprint density at radius 3 is 2.94 bits per heavy atom. The molecule has 1 aromatic carbocycles. The zero-order chi connectivity index (χ0) is 12.4. The molecule has 0 radical (unpaired) electrons. The number of hydrogen-bond donors (Lipinski definition) is 2. The minimum atomic E-state index is -0.0640. The molecule has 0 saturated carbocycles. The van der Waals surface area contributed by atoms with Gasteiger partial charge in [0, 0.05) is 23.2 Å². The zero-order valence-electron chi connectivity index (χ0n) is 9.92. The van der Waals surface area contributed by atoms with Crippen LogP contribution in [0.15, 0.2) is 12.1 Å². The van der Waals surface area contributed by atoms with E-state index >= 15 is 0 Å². The zero-order valence-corrected chi connectivity index (χ0v) is 10.7. The lowest BCUT2D eigenvalue weighted by molar-refractivity contribution is -0.116. The highest BCUT2D eigenvalue weighted by atomic mass is 35.5. The van der Waals surface area contributed by atoms with E-state index in [1.54, 1.807) is 0 Å². The van der Waals surface area contributed by atoms with Crippen LogP contribution in [0.2, 0.25) is 5.02 Å². The van der Waals surface area contributed by atoms with Crippen molar-refractivity contribution in [3.63, 3.8) is 0 Å². The van der Waals surface area contributed by atoms with Gasteiger partial charge in [-0.25, -0.2) is 0 Å². The van der Waals surface area contributed by atoms with Crippen LogP contribution in [-0.2, 0) is 11.2 Å². The van der Waals surface area contributed by atoms with Gasteiger partial charge in [0.15, 0.2) is 0 Å². The van der Waals surface area contributed by atoms with E-state index in [9.17, 15) is 4.79 Å². The van der Waals surface area contributed by atoms with Gasteiger partial charge in [0.25, 0.3) is 0 Å². The Bertz CT molecular complexity index is 445. The number of anilines is 1. The quantitative estimate of drug-likeness (QED) is 0.869. The van der Waals surface area contributed by atoms with Crippen molar-refractivity contribution < 1.29 is 4.79 Å². The fourth-order valence-electron chi connectivity index (χ4n) is 2.25. The summed E-state index contributed by atoms with van der Waals surface area (Å²) in [5.41, 5.74) is 9.07. The Hall–Kier alpha value is -1.06. The van der Waals surface area contributed by atoms with Gasteiger partial charge in [-0.1, -0.05) is 24.9 Å². The first-order chi connectivity index (χ1) is 8.11. The third-order valence-electron chi connectivity index (χ3n) is 3.10. The Morgan fingerprint density at radius 2 is 2.24 bits per heavy atom. The number of carbonyl (C=O) groups is 1. The predicted octanol–water partition coefficient (Wildman–Crippen LogP) is 3.02. The van der Waals surface area contributed by atoms with Crippen LogP contribution >= 0.6 is 11.6 Å². The fourth-order valence-corrected chi connectivity index (χ4v) is 2.49. The Morgan fingerprint density at radius 1 is 1.47 bits per heavy atom. The molecule has 3 nitrogen and oxygen atoms in total. The van der Waals surface area contributed by atoms with Crippen LogP contribution in [-0.4, -0.2) is 5.91 Å². The number of nitrogens with two attached hydrogens (primary N) is 1. The minimum Gasteiger partial charge on any atom is -0.326 e. The van der Waals surface area contributed by atoms with Gasteiger partial charge in [0.2, 0.25) is 5.91 Å². The minimum absolute atomic E-state index is 0.0600. The molecule has 0 fully saturated rings. The van der Waals surface area contributed by atoms with E-state index in [0.717, 1.165) is 36.1 Å². The molecule has 2 rings (SSSR count). The lowest BCUT2D eigenvalue weighted by Crippen LogP contribution is -2.23. The number of hydrogen-bond acceptors (Lipinski definition) is 2. The maximum absolute atomic E-state index is 11.5. The van der Waals surface area contributed by atoms with E-state index in [1.807, 2.05) is 12.1 Å². The molecular formula is C13H17ClN2O. The molecule has 0 spiro atoms. The smallest absolute Gasteiger partial charge is 0.224 e. The molecule has 1 aliphatic heterocycles. The lowest BCUT2D eigenvalue weighted by atomic mass is 9.94. The Kier molecular flexibility index (Phi) is 3.69. The number of nitrogens with one attached hydrogen (secondary N) is 1. The highest BCUT2D eigenvalue weighted by molar-refractivity contribution is 6.31. The number of halogens is 1. The first-order valence-electron chi connectivity index (χ1n) is 5.99. The van der Waals surface area contributed by atoms with E-state index in [0.29, 0.717) is 11.4 Å². The highest BCUT2D eigenvalue weighted by Crippen LogP contribution is 2.34. The van der Waals surface area contributed by atoms with Gasteiger partial charge in [-0.2, -0.15) is 0 Å². The molecule has 0 bridgehead atoms. The van der Waals surface area contributed by atoms with Crippen molar-refractivity contribution in [1.29, 1.82) is 0 Å². The summed E-state index contributed by atoms with van der Waals surface area (Å²) in [5, 5.41) is 3.61. The third kappa shape index (κ3) is 2.61. The van der Waals surface area contributed by atoms with Gasteiger partial charge in [-0.05, 0) is 36.1 Å². The van der Waals surface area contributed by atoms with E-state index in [-0.39, 0.29) is 11.9 Å². The van der Waals surface area contributed by atoms with Crippen molar-refractivity contribution >= 4 is 23.2 Å². The van der Waals surface area contributed by atoms with Gasteiger partial charge < -0.3 is 11.1 Å². The average Bonchev–Trinajstić information content (AvgIpc) is 2.29. The molecule has 1 atom stereocenters. The standard InChI is InChI=1S/C13H17ClN2O/c1-2-3-11(15)10-7-9(14)6-8-4-5-12(17)16-13(8)10/h6-7,11H,2-5,15H2,1H3,(H,16,17). The number of aryl methyl sites for hydroxylation is 1. The molecule has 92 valence electrons. The molecule has 1 unspecified atom stereocenters. The maximum atomic E-state index is 11.5. The monoisotopic (exact) mass is 252 g/mol. The van der Waals surface area contributed by atoms with Gasteiger partial charge in [-0.15, -0.1) is 0 Å². The van der Waals surface area contributed by atoms with Crippen LogP contribution < -0.4 is 11.1 Å². The molecule has 0 aliphatic carbocycles. The highest BCUT2D eigenvalue weighted by Gasteiger charge is 2.21. The maximum Gasteiger partial charge on any atom is 0.224 e. The average molecular weight is 253 g/mol. The lowest BCUT2D eigenvalue weighted by Gasteiger charge is -2.23. The molecule has 1 aromatic rings. The molecule has 3 N–H and O–H groups in total. The van der Waals surface area contributed by atoms with E-state index in [4.69, 9.17) is 17.3 Å². The van der Waals surface area contributed by atoms with Crippen LogP contribution in [0.5, 0.6) is 0 Å². The second kappa shape index (κ2) is 5.07. The van der Waals surface area contributed by atoms with Gasteiger partial charge in [0.05, 0.1) is 0 Å². The normalized spacial score (nSPS) is 16.3. The van der Waals surface area contributed by atoms with Crippen molar-refractivity contribution in [2.75, 3.05) is 5.32 Å². The second-order valence-corrected chi connectivity index (χ2v) is 4.91. The summed E-state index contributed by atoms with van der Waals surface area (Å²) in [5.74, 6) is 0.0600. The molecule has 4 heteroatoms. The molecular weight excluding hydrogens is 236 g/mol. The van der Waals surface area contributed by atoms with E-state index in [1.165, 1.54) is 0 Å². The third-order valence-corrected chi connectivity index (χ3v) is 3.32. The van der Waals surface area contributed by atoms with Crippen LogP contribution in [0.3, 0.4) is 0 Å². The van der Waals surface area contributed by atoms with Gasteiger partial charge >= 0.3 is 0 Å². The molecule has 17 heavy (non-hydrogen) atoms. The molecule has 0 aromatic heterocycles.